The Morgan fingerprint density at radius 2 is 1.62 bits per heavy atom. The van der Waals surface area contributed by atoms with Crippen molar-refractivity contribution in [2.75, 3.05) is 19.7 Å². The lowest BCUT2D eigenvalue weighted by atomic mass is 10.0. The number of halogens is 4. The van der Waals surface area contributed by atoms with Gasteiger partial charge in [-0.05, 0) is 26.8 Å². The molecule has 0 unspecified atom stereocenters. The summed E-state index contributed by atoms with van der Waals surface area (Å²) in [5, 5.41) is 0. The summed E-state index contributed by atoms with van der Waals surface area (Å²) in [5.74, 6) is -10.1. The first-order chi connectivity index (χ1) is 11.3. The topological polar surface area (TPSA) is 46.6 Å². The van der Waals surface area contributed by atoms with Gasteiger partial charge < -0.3 is 9.64 Å². The average molecular weight is 347 g/mol. The minimum absolute atomic E-state index is 0.0592. The van der Waals surface area contributed by atoms with Crippen molar-refractivity contribution in [1.82, 2.24) is 4.90 Å². The lowest BCUT2D eigenvalue weighted by molar-refractivity contribution is -0.138. The van der Waals surface area contributed by atoms with E-state index < -0.39 is 46.2 Å². The van der Waals surface area contributed by atoms with Crippen molar-refractivity contribution in [2.45, 2.75) is 20.8 Å². The van der Waals surface area contributed by atoms with Gasteiger partial charge in [-0.1, -0.05) is 0 Å². The number of rotatable bonds is 7. The molecule has 0 amide bonds. The van der Waals surface area contributed by atoms with E-state index in [1.54, 1.807) is 13.8 Å². The van der Waals surface area contributed by atoms with Gasteiger partial charge in [0, 0.05) is 19.3 Å². The molecule has 0 heterocycles. The molecule has 4 nitrogen and oxygen atoms in total. The van der Waals surface area contributed by atoms with Gasteiger partial charge in [-0.3, -0.25) is 4.79 Å². The SMILES string of the molecule is CCOC(=O)/C(=C/N(CC)CC)C(=O)c1cc(F)c(F)c(F)c1F. The van der Waals surface area contributed by atoms with Crippen molar-refractivity contribution in [3.63, 3.8) is 0 Å². The number of Topliss-reactive ketones (excluding diaryl/α,β-unsaturated/α-hetero) is 1. The Balaban J connectivity index is 3.44. The van der Waals surface area contributed by atoms with E-state index in [4.69, 9.17) is 4.74 Å². The van der Waals surface area contributed by atoms with E-state index >= 15 is 0 Å². The van der Waals surface area contributed by atoms with E-state index in [0.717, 1.165) is 6.20 Å². The fourth-order valence-electron chi connectivity index (χ4n) is 1.88. The van der Waals surface area contributed by atoms with Gasteiger partial charge in [0.15, 0.2) is 23.3 Å². The molecule has 0 aliphatic carbocycles. The molecule has 24 heavy (non-hydrogen) atoms. The van der Waals surface area contributed by atoms with Gasteiger partial charge in [-0.2, -0.15) is 0 Å². The van der Waals surface area contributed by atoms with Crippen LogP contribution in [0, 0.1) is 23.3 Å². The molecular formula is C16H17F4NO3. The van der Waals surface area contributed by atoms with E-state index in [1.165, 1.54) is 11.8 Å². The zero-order valence-electron chi connectivity index (χ0n) is 13.5. The van der Waals surface area contributed by atoms with Crippen LogP contribution in [-0.4, -0.2) is 36.3 Å². The summed E-state index contributed by atoms with van der Waals surface area (Å²) in [4.78, 5) is 25.9. The van der Waals surface area contributed by atoms with Crippen LogP contribution in [0.5, 0.6) is 0 Å². The van der Waals surface area contributed by atoms with Crippen molar-refractivity contribution < 1.29 is 31.9 Å². The summed E-state index contributed by atoms with van der Waals surface area (Å²) >= 11 is 0. The van der Waals surface area contributed by atoms with Crippen LogP contribution in [0.2, 0.25) is 0 Å². The molecule has 0 atom stereocenters. The van der Waals surface area contributed by atoms with Crippen LogP contribution in [0.1, 0.15) is 31.1 Å². The molecule has 8 heteroatoms. The molecule has 0 bridgehead atoms. The highest BCUT2D eigenvalue weighted by atomic mass is 19.2. The molecule has 1 aromatic rings. The van der Waals surface area contributed by atoms with Gasteiger partial charge in [-0.25, -0.2) is 22.4 Å². The predicted octanol–water partition coefficient (Wildman–Crippen LogP) is 3.21. The molecule has 0 N–H and O–H groups in total. The van der Waals surface area contributed by atoms with Crippen molar-refractivity contribution in [3.8, 4) is 0 Å². The molecule has 1 aromatic carbocycles. The standard InChI is InChI=1S/C16H17F4NO3/c1-4-21(5-2)8-10(16(23)24-6-3)15(22)9-7-11(17)13(19)14(20)12(9)18/h7-8H,4-6H2,1-3H3/b10-8+. The van der Waals surface area contributed by atoms with E-state index in [1.807, 2.05) is 0 Å². The number of nitrogens with zero attached hydrogens (tertiary/aromatic N) is 1. The molecule has 0 radical (unpaired) electrons. The fourth-order valence-corrected chi connectivity index (χ4v) is 1.88. The number of hydrogen-bond acceptors (Lipinski definition) is 4. The summed E-state index contributed by atoms with van der Waals surface area (Å²) in [5.41, 5.74) is -1.69. The first-order valence-corrected chi connectivity index (χ1v) is 7.28. The molecule has 0 saturated carbocycles. The molecule has 0 saturated heterocycles. The molecule has 132 valence electrons. The number of esters is 1. The minimum Gasteiger partial charge on any atom is -0.462 e. The largest absolute Gasteiger partial charge is 0.462 e. The maximum absolute atomic E-state index is 13.8. The zero-order chi connectivity index (χ0) is 18.4. The number of carbonyl (C=O) groups excluding carboxylic acids is 2. The van der Waals surface area contributed by atoms with Crippen LogP contribution in [-0.2, 0) is 9.53 Å². The Labute approximate surface area is 136 Å². The van der Waals surface area contributed by atoms with Crippen LogP contribution < -0.4 is 0 Å². The first kappa shape index (κ1) is 19.7. The fraction of sp³-hybridized carbons (Fsp3) is 0.375. The number of hydrogen-bond donors (Lipinski definition) is 0. The molecule has 0 aliphatic heterocycles. The van der Waals surface area contributed by atoms with Crippen LogP contribution in [0.25, 0.3) is 0 Å². The summed E-state index contributed by atoms with van der Waals surface area (Å²) in [7, 11) is 0. The van der Waals surface area contributed by atoms with Crippen molar-refractivity contribution >= 4 is 11.8 Å². The number of carbonyl (C=O) groups is 2. The number of ether oxygens (including phenoxy) is 1. The van der Waals surface area contributed by atoms with Crippen LogP contribution in [0.4, 0.5) is 17.6 Å². The first-order valence-electron chi connectivity index (χ1n) is 7.28. The van der Waals surface area contributed by atoms with Gasteiger partial charge in [0.1, 0.15) is 5.57 Å². The second kappa shape index (κ2) is 8.47. The van der Waals surface area contributed by atoms with Crippen LogP contribution >= 0.6 is 0 Å². The lowest BCUT2D eigenvalue weighted by Crippen LogP contribution is -2.24. The average Bonchev–Trinajstić information content (AvgIpc) is 2.57. The quantitative estimate of drug-likeness (QED) is 0.111. The van der Waals surface area contributed by atoms with Gasteiger partial charge in [0.05, 0.1) is 12.2 Å². The van der Waals surface area contributed by atoms with Crippen molar-refractivity contribution in [1.29, 1.82) is 0 Å². The van der Waals surface area contributed by atoms with Crippen molar-refractivity contribution in [3.05, 3.63) is 46.7 Å². The van der Waals surface area contributed by atoms with Gasteiger partial charge >= 0.3 is 5.97 Å². The van der Waals surface area contributed by atoms with E-state index in [-0.39, 0.29) is 12.7 Å². The molecular weight excluding hydrogens is 330 g/mol. The van der Waals surface area contributed by atoms with E-state index in [2.05, 4.69) is 0 Å². The number of benzene rings is 1. The molecule has 0 aliphatic rings. The Kier molecular flexibility index (Phi) is 6.94. The predicted molar refractivity (Wildman–Crippen MR) is 78.2 cm³/mol. The Morgan fingerprint density at radius 1 is 1.04 bits per heavy atom. The summed E-state index contributed by atoms with van der Waals surface area (Å²) in [6, 6.07) is 0.214. The maximum atomic E-state index is 13.8. The zero-order valence-corrected chi connectivity index (χ0v) is 13.5. The Hall–Kier alpha value is -2.38. The third-order valence-corrected chi connectivity index (χ3v) is 3.21. The van der Waals surface area contributed by atoms with E-state index in [9.17, 15) is 27.2 Å². The molecule has 0 fully saturated rings. The summed E-state index contributed by atoms with van der Waals surface area (Å²) in [6.45, 7) is 5.75. The second-order valence-corrected chi connectivity index (χ2v) is 4.66. The monoisotopic (exact) mass is 347 g/mol. The van der Waals surface area contributed by atoms with Gasteiger partial charge in [0.25, 0.3) is 0 Å². The molecule has 1 rings (SSSR count). The maximum Gasteiger partial charge on any atom is 0.343 e. The van der Waals surface area contributed by atoms with Gasteiger partial charge in [0.2, 0.25) is 5.78 Å². The lowest BCUT2D eigenvalue weighted by Gasteiger charge is -2.17. The normalized spacial score (nSPS) is 11.4. The van der Waals surface area contributed by atoms with Crippen LogP contribution in [0.15, 0.2) is 17.8 Å². The third-order valence-electron chi connectivity index (χ3n) is 3.21. The molecule has 0 spiro atoms. The molecule has 0 aromatic heterocycles. The number of ketones is 1. The Bertz CT molecular complexity index is 670. The smallest absolute Gasteiger partial charge is 0.343 e. The minimum atomic E-state index is -2.12. The highest BCUT2D eigenvalue weighted by Gasteiger charge is 2.29. The van der Waals surface area contributed by atoms with Crippen molar-refractivity contribution in [2.24, 2.45) is 0 Å². The van der Waals surface area contributed by atoms with Gasteiger partial charge in [-0.15, -0.1) is 0 Å². The van der Waals surface area contributed by atoms with Crippen LogP contribution in [0.3, 0.4) is 0 Å². The second-order valence-electron chi connectivity index (χ2n) is 4.66. The highest BCUT2D eigenvalue weighted by Crippen LogP contribution is 2.22. The Morgan fingerprint density at radius 3 is 2.12 bits per heavy atom. The highest BCUT2D eigenvalue weighted by molar-refractivity contribution is 6.24. The van der Waals surface area contributed by atoms with E-state index in [0.29, 0.717) is 13.1 Å². The summed E-state index contributed by atoms with van der Waals surface area (Å²) < 4.78 is 58.2. The third kappa shape index (κ3) is 4.12. The summed E-state index contributed by atoms with van der Waals surface area (Å²) in [6.07, 6.45) is 1.12.